The van der Waals surface area contributed by atoms with Gasteiger partial charge in [0.1, 0.15) is 0 Å². The predicted octanol–water partition coefficient (Wildman–Crippen LogP) is 1.50. The van der Waals surface area contributed by atoms with E-state index >= 15 is 0 Å². The van der Waals surface area contributed by atoms with Gasteiger partial charge in [-0.05, 0) is 32.1 Å². The van der Waals surface area contributed by atoms with Crippen LogP contribution in [-0.2, 0) is 14.2 Å². The van der Waals surface area contributed by atoms with Gasteiger partial charge in [0.15, 0.2) is 6.29 Å². The van der Waals surface area contributed by atoms with Gasteiger partial charge in [-0.1, -0.05) is 12.5 Å². The minimum absolute atomic E-state index is 0.0252. The van der Waals surface area contributed by atoms with E-state index in [9.17, 15) is 0 Å². The van der Waals surface area contributed by atoms with E-state index in [4.69, 9.17) is 14.2 Å². The highest BCUT2D eigenvalue weighted by Crippen LogP contribution is 2.40. The summed E-state index contributed by atoms with van der Waals surface area (Å²) in [5.74, 6) is 0.941. The number of epoxide rings is 1. The molecule has 2 rings (SSSR count). The molecule has 4 heteroatoms. The lowest BCUT2D eigenvalue weighted by Gasteiger charge is -2.18. The molecular formula is C12H24O3Si. The zero-order valence-corrected chi connectivity index (χ0v) is 11.9. The zero-order valence-electron chi connectivity index (χ0n) is 10.5. The van der Waals surface area contributed by atoms with Crippen LogP contribution in [0.25, 0.3) is 0 Å². The normalized spacial score (nSPS) is 35.2. The van der Waals surface area contributed by atoms with Crippen LogP contribution >= 0.6 is 0 Å². The molecule has 4 unspecified atom stereocenters. The zero-order chi connectivity index (χ0) is 11.4. The second kappa shape index (κ2) is 6.14. The van der Waals surface area contributed by atoms with Gasteiger partial charge in [0.25, 0.3) is 0 Å². The molecular weight excluding hydrogens is 220 g/mol. The van der Waals surface area contributed by atoms with Crippen LogP contribution in [0.15, 0.2) is 0 Å². The molecule has 1 aliphatic carbocycles. The van der Waals surface area contributed by atoms with Crippen molar-refractivity contribution in [2.75, 3.05) is 13.3 Å². The molecule has 0 bridgehead atoms. The van der Waals surface area contributed by atoms with Gasteiger partial charge >= 0.3 is 0 Å². The lowest BCUT2D eigenvalue weighted by molar-refractivity contribution is -0.0959. The van der Waals surface area contributed by atoms with Crippen molar-refractivity contribution < 1.29 is 14.2 Å². The molecule has 2 aliphatic rings. The van der Waals surface area contributed by atoms with Crippen LogP contribution in [0.5, 0.6) is 0 Å². The summed E-state index contributed by atoms with van der Waals surface area (Å²) in [6.07, 6.45) is 7.67. The fraction of sp³-hybridized carbons (Fsp3) is 1.00. The molecule has 0 amide bonds. The maximum Gasteiger partial charge on any atom is 0.153 e. The molecule has 0 radical (unpaired) electrons. The fourth-order valence-corrected chi connectivity index (χ4v) is 4.17. The average Bonchev–Trinajstić information content (AvgIpc) is 3.06. The van der Waals surface area contributed by atoms with Crippen molar-refractivity contribution >= 4 is 9.52 Å². The Hall–Kier alpha value is 0.0969. The van der Waals surface area contributed by atoms with E-state index in [0.29, 0.717) is 12.2 Å². The van der Waals surface area contributed by atoms with Gasteiger partial charge in [-0.25, -0.2) is 0 Å². The smallest absolute Gasteiger partial charge is 0.153 e. The third-order valence-electron chi connectivity index (χ3n) is 3.80. The third kappa shape index (κ3) is 3.84. The summed E-state index contributed by atoms with van der Waals surface area (Å²) in [4.78, 5) is 0. The molecule has 4 atom stereocenters. The highest BCUT2D eigenvalue weighted by atomic mass is 28.2. The Balaban J connectivity index is 1.45. The van der Waals surface area contributed by atoms with Crippen LogP contribution in [0.1, 0.15) is 32.6 Å². The number of methoxy groups -OCH3 is 1. The number of rotatable bonds is 7. The molecule has 1 heterocycles. The van der Waals surface area contributed by atoms with Crippen LogP contribution in [0.4, 0.5) is 0 Å². The van der Waals surface area contributed by atoms with Gasteiger partial charge in [0.05, 0.1) is 21.7 Å². The van der Waals surface area contributed by atoms with E-state index in [1.807, 2.05) is 6.92 Å². The molecule has 0 aromatic carbocycles. The van der Waals surface area contributed by atoms with Crippen molar-refractivity contribution in [2.24, 2.45) is 5.92 Å². The number of ether oxygens (including phenoxy) is 3. The summed E-state index contributed by atoms with van der Waals surface area (Å²) < 4.78 is 16.1. The Bertz CT molecular complexity index is 212. The first-order chi connectivity index (χ1) is 7.79. The molecule has 0 N–H and O–H groups in total. The topological polar surface area (TPSA) is 31.0 Å². The molecule has 16 heavy (non-hydrogen) atoms. The van der Waals surface area contributed by atoms with Gasteiger partial charge in [0.2, 0.25) is 0 Å². The summed E-state index contributed by atoms with van der Waals surface area (Å²) in [5, 5.41) is 0. The van der Waals surface area contributed by atoms with Crippen molar-refractivity contribution in [1.29, 1.82) is 0 Å². The van der Waals surface area contributed by atoms with E-state index in [1.54, 1.807) is 7.11 Å². The minimum Gasteiger partial charge on any atom is -0.370 e. The Morgan fingerprint density at radius 2 is 2.25 bits per heavy atom. The molecule has 0 aromatic rings. The van der Waals surface area contributed by atoms with Crippen molar-refractivity contribution in [2.45, 2.75) is 57.1 Å². The Labute approximate surface area is 101 Å². The van der Waals surface area contributed by atoms with Gasteiger partial charge in [-0.15, -0.1) is 0 Å². The average molecular weight is 244 g/mol. The maximum atomic E-state index is 5.55. The van der Waals surface area contributed by atoms with Gasteiger partial charge in [0, 0.05) is 13.3 Å². The van der Waals surface area contributed by atoms with E-state index in [-0.39, 0.29) is 15.8 Å². The van der Waals surface area contributed by atoms with Crippen LogP contribution in [0.3, 0.4) is 0 Å². The molecule has 0 spiro atoms. The van der Waals surface area contributed by atoms with Crippen molar-refractivity contribution in [3.63, 3.8) is 0 Å². The standard InChI is InChI=1S/C12H24O3Si/c1-9(13-2)14-8-16-6-5-10-3-4-11-12(7-10)15-11/h9-12H,3-8,16H2,1-2H3. The lowest BCUT2D eigenvalue weighted by atomic mass is 9.88. The monoisotopic (exact) mass is 244 g/mol. The van der Waals surface area contributed by atoms with Crippen molar-refractivity contribution in [3.8, 4) is 0 Å². The summed E-state index contributed by atoms with van der Waals surface area (Å²) in [7, 11) is 1.66. The molecule has 1 saturated heterocycles. The van der Waals surface area contributed by atoms with E-state index in [0.717, 1.165) is 12.1 Å². The Kier molecular flexibility index (Phi) is 4.82. The fourth-order valence-electron chi connectivity index (χ4n) is 2.60. The summed E-state index contributed by atoms with van der Waals surface area (Å²) in [5.41, 5.74) is 0. The van der Waals surface area contributed by atoms with Crippen molar-refractivity contribution in [1.82, 2.24) is 0 Å². The molecule has 3 nitrogen and oxygen atoms in total. The number of fused-ring (bicyclic) bond motifs is 1. The highest BCUT2D eigenvalue weighted by molar-refractivity contribution is 6.35. The van der Waals surface area contributed by atoms with Crippen LogP contribution in [0, 0.1) is 5.92 Å². The van der Waals surface area contributed by atoms with Crippen LogP contribution < -0.4 is 0 Å². The molecule has 1 saturated carbocycles. The lowest BCUT2D eigenvalue weighted by Crippen LogP contribution is -2.17. The largest absolute Gasteiger partial charge is 0.370 e. The van der Waals surface area contributed by atoms with Crippen LogP contribution in [0.2, 0.25) is 6.04 Å². The SMILES string of the molecule is COC(C)OC[SiH2]CCC1CCC2OC2C1. The Morgan fingerprint density at radius 3 is 3.00 bits per heavy atom. The first kappa shape index (κ1) is 12.6. The maximum absolute atomic E-state index is 5.55. The van der Waals surface area contributed by atoms with Crippen molar-refractivity contribution in [3.05, 3.63) is 0 Å². The molecule has 0 aromatic heterocycles. The number of hydrogen-bond donors (Lipinski definition) is 0. The van der Waals surface area contributed by atoms with Crippen LogP contribution in [-0.4, -0.2) is 41.4 Å². The second-order valence-corrected chi connectivity index (χ2v) is 6.88. The first-order valence-electron chi connectivity index (χ1n) is 6.59. The first-order valence-corrected chi connectivity index (χ1v) is 8.59. The predicted molar refractivity (Wildman–Crippen MR) is 66.4 cm³/mol. The summed E-state index contributed by atoms with van der Waals surface area (Å²) in [6.45, 7) is 1.96. The van der Waals surface area contributed by atoms with E-state index < -0.39 is 0 Å². The minimum atomic E-state index is -0.0322. The van der Waals surface area contributed by atoms with E-state index in [1.165, 1.54) is 31.7 Å². The third-order valence-corrected chi connectivity index (χ3v) is 5.24. The van der Waals surface area contributed by atoms with E-state index in [2.05, 4.69) is 0 Å². The second-order valence-electron chi connectivity index (χ2n) is 5.06. The quantitative estimate of drug-likeness (QED) is 0.294. The van der Waals surface area contributed by atoms with Gasteiger partial charge in [-0.2, -0.15) is 0 Å². The summed E-state index contributed by atoms with van der Waals surface area (Å²) >= 11 is 0. The Morgan fingerprint density at radius 1 is 1.38 bits per heavy atom. The highest BCUT2D eigenvalue weighted by Gasteiger charge is 2.43. The molecule has 2 fully saturated rings. The molecule has 94 valence electrons. The van der Waals surface area contributed by atoms with Gasteiger partial charge < -0.3 is 14.2 Å². The molecule has 1 aliphatic heterocycles. The number of hydrogen-bond acceptors (Lipinski definition) is 3. The summed E-state index contributed by atoms with van der Waals surface area (Å²) in [6, 6.07) is 1.42. The van der Waals surface area contributed by atoms with Gasteiger partial charge in [-0.3, -0.25) is 0 Å².